The second-order valence-corrected chi connectivity index (χ2v) is 9.17. The van der Waals surface area contributed by atoms with E-state index in [1.54, 1.807) is 11.8 Å². The van der Waals surface area contributed by atoms with Crippen molar-refractivity contribution >= 4 is 23.6 Å². The van der Waals surface area contributed by atoms with Crippen LogP contribution in [-0.4, -0.2) is 47.9 Å². The van der Waals surface area contributed by atoms with Crippen LogP contribution in [0.4, 0.5) is 0 Å². The SMILES string of the molecule is CCCCc1nnn(C[C@]2(C)S[C@@H]3CC(=O)N3[C@H]2C(=O)[O-])c1CCCC.[Na+]. The standard InChI is InChI=1S/C18H28N4O3S.Na/c1-4-6-8-12-13(9-7-5-2)21(20-19-12)11-18(3)16(17(24)25)22-14(23)10-15(22)26-18;/h15-16H,4-11H2,1-3H3,(H,24,25);/q;+1/p-1/t15-,16+,18+;/m1./s1. The van der Waals surface area contributed by atoms with Crippen molar-refractivity contribution in [2.24, 2.45) is 0 Å². The third-order valence-electron chi connectivity index (χ3n) is 5.35. The van der Waals surface area contributed by atoms with Gasteiger partial charge < -0.3 is 14.8 Å². The van der Waals surface area contributed by atoms with Gasteiger partial charge >= 0.3 is 29.6 Å². The first-order valence-electron chi connectivity index (χ1n) is 9.52. The molecule has 0 unspecified atom stereocenters. The van der Waals surface area contributed by atoms with Crippen molar-refractivity contribution in [3.63, 3.8) is 0 Å². The van der Waals surface area contributed by atoms with Gasteiger partial charge in [0.1, 0.15) is 0 Å². The number of β-lactam (4-membered cyclic amide) rings is 1. The molecule has 1 aromatic heterocycles. The predicted octanol–water partition coefficient (Wildman–Crippen LogP) is -1.85. The number of aliphatic carboxylic acids is 1. The monoisotopic (exact) mass is 402 g/mol. The van der Waals surface area contributed by atoms with Crippen molar-refractivity contribution < 1.29 is 44.3 Å². The van der Waals surface area contributed by atoms with Gasteiger partial charge in [-0.2, -0.15) is 0 Å². The van der Waals surface area contributed by atoms with E-state index in [9.17, 15) is 14.7 Å². The Kier molecular flexibility index (Phi) is 7.81. The summed E-state index contributed by atoms with van der Waals surface area (Å²) < 4.78 is 1.21. The number of unbranched alkanes of at least 4 members (excludes halogenated alkanes) is 2. The number of aryl methyl sites for hydroxylation is 1. The van der Waals surface area contributed by atoms with Gasteiger partial charge in [-0.1, -0.05) is 31.9 Å². The van der Waals surface area contributed by atoms with Crippen LogP contribution in [0.2, 0.25) is 0 Å². The molecular formula is C18H27N4NaO3S. The van der Waals surface area contributed by atoms with E-state index >= 15 is 0 Å². The summed E-state index contributed by atoms with van der Waals surface area (Å²) in [6, 6.07) is -0.916. The molecule has 0 N–H and O–H groups in total. The van der Waals surface area contributed by atoms with E-state index in [4.69, 9.17) is 0 Å². The Morgan fingerprint density at radius 3 is 2.56 bits per heavy atom. The number of nitrogens with zero attached hydrogens (tertiary/aromatic N) is 4. The molecule has 2 aliphatic heterocycles. The predicted molar refractivity (Wildman–Crippen MR) is 97.3 cm³/mol. The van der Waals surface area contributed by atoms with E-state index in [1.165, 1.54) is 4.90 Å². The quantitative estimate of drug-likeness (QED) is 0.356. The van der Waals surface area contributed by atoms with E-state index in [-0.39, 0.29) is 40.8 Å². The van der Waals surface area contributed by atoms with Gasteiger partial charge in [0.05, 0.1) is 46.5 Å². The summed E-state index contributed by atoms with van der Waals surface area (Å²) in [6.45, 7) is 6.63. The fourth-order valence-corrected chi connectivity index (χ4v) is 5.65. The number of thioether (sulfide) groups is 1. The van der Waals surface area contributed by atoms with Crippen molar-refractivity contribution in [3.8, 4) is 0 Å². The first-order valence-corrected chi connectivity index (χ1v) is 10.4. The van der Waals surface area contributed by atoms with E-state index in [2.05, 4.69) is 24.2 Å². The normalized spacial score (nSPS) is 26.5. The summed E-state index contributed by atoms with van der Waals surface area (Å²) in [6.07, 6.45) is 6.49. The average Bonchev–Trinajstić information content (AvgIpc) is 3.06. The zero-order chi connectivity index (χ0) is 18.9. The van der Waals surface area contributed by atoms with Gasteiger partial charge in [0.15, 0.2) is 0 Å². The Morgan fingerprint density at radius 2 is 1.96 bits per heavy atom. The number of amides is 1. The zero-order valence-electron chi connectivity index (χ0n) is 16.7. The van der Waals surface area contributed by atoms with Crippen LogP contribution in [0.5, 0.6) is 0 Å². The maximum absolute atomic E-state index is 11.9. The van der Waals surface area contributed by atoms with Crippen molar-refractivity contribution in [2.75, 3.05) is 0 Å². The fraction of sp³-hybridized carbons (Fsp3) is 0.778. The number of hydrogen-bond acceptors (Lipinski definition) is 6. The molecule has 144 valence electrons. The number of fused-ring (bicyclic) bond motifs is 1. The molecule has 9 heteroatoms. The summed E-state index contributed by atoms with van der Waals surface area (Å²) in [5, 5.41) is 20.5. The van der Waals surface area contributed by atoms with Crippen LogP contribution < -0.4 is 34.7 Å². The van der Waals surface area contributed by atoms with E-state index in [1.807, 2.05) is 11.6 Å². The molecule has 0 bridgehead atoms. The van der Waals surface area contributed by atoms with Crippen LogP contribution in [0.1, 0.15) is 64.3 Å². The molecule has 0 spiro atoms. The second kappa shape index (κ2) is 9.29. The molecule has 1 amide bonds. The minimum atomic E-state index is -1.18. The van der Waals surface area contributed by atoms with Gasteiger partial charge in [0, 0.05) is 0 Å². The van der Waals surface area contributed by atoms with Crippen molar-refractivity contribution in [1.29, 1.82) is 0 Å². The fourth-order valence-electron chi connectivity index (χ4n) is 3.92. The van der Waals surface area contributed by atoms with Crippen LogP contribution >= 0.6 is 11.8 Å². The van der Waals surface area contributed by atoms with Gasteiger partial charge in [-0.05, 0) is 32.6 Å². The van der Waals surface area contributed by atoms with Gasteiger partial charge in [-0.3, -0.25) is 4.79 Å². The van der Waals surface area contributed by atoms with Crippen LogP contribution in [0, 0.1) is 0 Å². The molecule has 0 aliphatic carbocycles. The van der Waals surface area contributed by atoms with Crippen LogP contribution in [0.25, 0.3) is 0 Å². The smallest absolute Gasteiger partial charge is 0.548 e. The molecule has 3 atom stereocenters. The summed E-state index contributed by atoms with van der Waals surface area (Å²) in [5.41, 5.74) is 2.14. The number of carboxylic acid groups (broad SMARTS) is 1. The summed E-state index contributed by atoms with van der Waals surface area (Å²) in [7, 11) is 0. The van der Waals surface area contributed by atoms with Crippen molar-refractivity contribution in [1.82, 2.24) is 19.9 Å². The van der Waals surface area contributed by atoms with Gasteiger partial charge in [0.25, 0.3) is 0 Å². The summed E-state index contributed by atoms with van der Waals surface area (Å²) in [5.74, 6) is -1.29. The van der Waals surface area contributed by atoms with E-state index in [0.717, 1.165) is 49.9 Å². The van der Waals surface area contributed by atoms with Crippen LogP contribution in [0.15, 0.2) is 0 Å². The number of carboxylic acids is 1. The van der Waals surface area contributed by atoms with Crippen molar-refractivity contribution in [3.05, 3.63) is 11.4 Å². The van der Waals surface area contributed by atoms with Gasteiger partial charge in [-0.25, -0.2) is 4.68 Å². The molecular weight excluding hydrogens is 375 g/mol. The molecule has 7 nitrogen and oxygen atoms in total. The Hall–Kier alpha value is -0.570. The maximum Gasteiger partial charge on any atom is 1.00 e. The van der Waals surface area contributed by atoms with E-state index < -0.39 is 16.8 Å². The van der Waals surface area contributed by atoms with Gasteiger partial charge in [0.2, 0.25) is 5.91 Å². The molecule has 0 saturated carbocycles. The number of carbonyl (C=O) groups excluding carboxylic acids is 2. The second-order valence-electron chi connectivity index (χ2n) is 7.46. The molecule has 3 heterocycles. The minimum Gasteiger partial charge on any atom is -0.548 e. The number of carbonyl (C=O) groups is 2. The number of rotatable bonds is 9. The average molecular weight is 402 g/mol. The Balaban J connectivity index is 0.00000261. The number of hydrogen-bond donors (Lipinski definition) is 0. The molecule has 0 radical (unpaired) electrons. The third-order valence-corrected chi connectivity index (χ3v) is 6.91. The Morgan fingerprint density at radius 1 is 1.30 bits per heavy atom. The molecule has 0 aromatic carbocycles. The Labute approximate surface area is 186 Å². The first-order chi connectivity index (χ1) is 12.4. The first kappa shape index (κ1) is 22.7. The molecule has 2 fully saturated rings. The zero-order valence-corrected chi connectivity index (χ0v) is 19.5. The third kappa shape index (κ3) is 4.38. The largest absolute Gasteiger partial charge is 1.00 e. The van der Waals surface area contributed by atoms with Crippen LogP contribution in [0.3, 0.4) is 0 Å². The van der Waals surface area contributed by atoms with Gasteiger partial charge in [-0.15, -0.1) is 16.9 Å². The molecule has 2 saturated heterocycles. The molecule has 27 heavy (non-hydrogen) atoms. The van der Waals surface area contributed by atoms with Crippen molar-refractivity contribution in [2.45, 2.75) is 88.4 Å². The van der Waals surface area contributed by atoms with Crippen LogP contribution in [-0.2, 0) is 29.0 Å². The minimum absolute atomic E-state index is 0. The number of aromatic nitrogens is 3. The van der Waals surface area contributed by atoms with E-state index in [0.29, 0.717) is 13.0 Å². The topological polar surface area (TPSA) is 91.2 Å². The molecule has 3 rings (SSSR count). The molecule has 1 aromatic rings. The summed E-state index contributed by atoms with van der Waals surface area (Å²) >= 11 is 1.55. The molecule has 2 aliphatic rings. The maximum atomic E-state index is 11.9. The summed E-state index contributed by atoms with van der Waals surface area (Å²) in [4.78, 5) is 25.1. The Bertz CT molecular complexity index is 698.